The van der Waals surface area contributed by atoms with E-state index < -0.39 is 5.54 Å². The Morgan fingerprint density at radius 2 is 1.50 bits per heavy atom. The first kappa shape index (κ1) is 14.4. The molecule has 2 N–H and O–H groups in total. The zero-order valence-corrected chi connectivity index (χ0v) is 12.4. The van der Waals surface area contributed by atoms with E-state index >= 15 is 0 Å². The third kappa shape index (κ3) is 2.49. The SMILES string of the molecule is COc1cccc(OC)c1C(C)(N)c1cccc(C)c1. The number of ether oxygens (including phenoxy) is 2. The topological polar surface area (TPSA) is 44.5 Å². The van der Waals surface area contributed by atoms with Crippen molar-refractivity contribution in [2.75, 3.05) is 14.2 Å². The van der Waals surface area contributed by atoms with Crippen LogP contribution in [0.1, 0.15) is 23.6 Å². The van der Waals surface area contributed by atoms with E-state index in [-0.39, 0.29) is 0 Å². The Kier molecular flexibility index (Phi) is 4.00. The Morgan fingerprint density at radius 1 is 0.950 bits per heavy atom. The maximum absolute atomic E-state index is 6.62. The predicted molar refractivity (Wildman–Crippen MR) is 81.4 cm³/mol. The molecule has 0 amide bonds. The lowest BCUT2D eigenvalue weighted by Crippen LogP contribution is -2.35. The molecule has 0 aliphatic heterocycles. The molecular weight excluding hydrogens is 250 g/mol. The molecule has 3 nitrogen and oxygen atoms in total. The Morgan fingerprint density at radius 3 is 2.00 bits per heavy atom. The zero-order valence-electron chi connectivity index (χ0n) is 12.4. The van der Waals surface area contributed by atoms with Crippen LogP contribution in [-0.2, 0) is 5.54 Å². The van der Waals surface area contributed by atoms with Crippen LogP contribution < -0.4 is 15.2 Å². The van der Waals surface area contributed by atoms with Crippen molar-refractivity contribution in [1.29, 1.82) is 0 Å². The molecule has 2 aromatic rings. The van der Waals surface area contributed by atoms with Crippen LogP contribution >= 0.6 is 0 Å². The fraction of sp³-hybridized carbons (Fsp3) is 0.294. The molecule has 2 aromatic carbocycles. The second-order valence-electron chi connectivity index (χ2n) is 5.11. The van der Waals surface area contributed by atoms with Crippen LogP contribution in [0.25, 0.3) is 0 Å². The number of hydrogen-bond acceptors (Lipinski definition) is 3. The third-order valence-corrected chi connectivity index (χ3v) is 3.56. The highest BCUT2D eigenvalue weighted by Crippen LogP contribution is 2.39. The van der Waals surface area contributed by atoms with Gasteiger partial charge in [-0.3, -0.25) is 0 Å². The second-order valence-corrected chi connectivity index (χ2v) is 5.11. The minimum Gasteiger partial charge on any atom is -0.496 e. The van der Waals surface area contributed by atoms with Crippen molar-refractivity contribution in [3.05, 3.63) is 59.2 Å². The van der Waals surface area contributed by atoms with Gasteiger partial charge in [-0.25, -0.2) is 0 Å². The monoisotopic (exact) mass is 271 g/mol. The predicted octanol–water partition coefficient (Wildman–Crippen LogP) is 3.23. The molecule has 0 spiro atoms. The van der Waals surface area contributed by atoms with E-state index in [0.717, 1.165) is 22.6 Å². The molecule has 1 atom stereocenters. The Bertz CT molecular complexity index is 583. The highest BCUT2D eigenvalue weighted by atomic mass is 16.5. The van der Waals surface area contributed by atoms with E-state index in [1.165, 1.54) is 5.56 Å². The molecule has 0 saturated heterocycles. The Hall–Kier alpha value is -2.00. The summed E-state index contributed by atoms with van der Waals surface area (Å²) in [4.78, 5) is 0. The standard InChI is InChI=1S/C17H21NO2/c1-12-7-5-8-13(11-12)17(2,18)16-14(19-3)9-6-10-15(16)20-4/h5-11H,18H2,1-4H3. The molecule has 0 aliphatic rings. The first-order valence-electron chi connectivity index (χ1n) is 6.58. The van der Waals surface area contributed by atoms with Gasteiger partial charge in [-0.1, -0.05) is 35.9 Å². The maximum Gasteiger partial charge on any atom is 0.127 e. The van der Waals surface area contributed by atoms with Gasteiger partial charge >= 0.3 is 0 Å². The highest BCUT2D eigenvalue weighted by molar-refractivity contribution is 5.53. The van der Waals surface area contributed by atoms with Gasteiger partial charge in [-0.15, -0.1) is 0 Å². The summed E-state index contributed by atoms with van der Waals surface area (Å²) in [5, 5.41) is 0. The number of methoxy groups -OCH3 is 2. The van der Waals surface area contributed by atoms with Gasteiger partial charge in [-0.05, 0) is 31.5 Å². The second kappa shape index (κ2) is 5.55. The molecule has 3 heteroatoms. The van der Waals surface area contributed by atoms with Crippen LogP contribution in [0.2, 0.25) is 0 Å². The molecule has 106 valence electrons. The average molecular weight is 271 g/mol. The van der Waals surface area contributed by atoms with Crippen molar-refractivity contribution in [3.63, 3.8) is 0 Å². The van der Waals surface area contributed by atoms with Gasteiger partial charge in [0, 0.05) is 0 Å². The number of nitrogens with two attached hydrogens (primary N) is 1. The van der Waals surface area contributed by atoms with Gasteiger partial charge < -0.3 is 15.2 Å². The summed E-state index contributed by atoms with van der Waals surface area (Å²) in [5.74, 6) is 1.46. The van der Waals surface area contributed by atoms with Crippen LogP contribution in [0.5, 0.6) is 11.5 Å². The first-order valence-corrected chi connectivity index (χ1v) is 6.58. The summed E-state index contributed by atoms with van der Waals surface area (Å²) < 4.78 is 10.9. The van der Waals surface area contributed by atoms with Crippen LogP contribution in [0.3, 0.4) is 0 Å². The van der Waals surface area contributed by atoms with E-state index in [0.29, 0.717) is 0 Å². The Labute approximate surface area is 120 Å². The minimum absolute atomic E-state index is 0.691. The van der Waals surface area contributed by atoms with E-state index in [2.05, 4.69) is 19.1 Å². The fourth-order valence-corrected chi connectivity index (χ4v) is 2.48. The lowest BCUT2D eigenvalue weighted by atomic mass is 9.84. The molecule has 1 unspecified atom stereocenters. The molecule has 20 heavy (non-hydrogen) atoms. The van der Waals surface area contributed by atoms with E-state index in [1.54, 1.807) is 14.2 Å². The minimum atomic E-state index is -0.691. The first-order chi connectivity index (χ1) is 9.50. The Balaban J connectivity index is 2.64. The van der Waals surface area contributed by atoms with E-state index in [1.807, 2.05) is 37.3 Å². The van der Waals surface area contributed by atoms with Gasteiger partial charge in [0.1, 0.15) is 11.5 Å². The van der Waals surface area contributed by atoms with Gasteiger partial charge in [-0.2, -0.15) is 0 Å². The molecule has 0 saturated carbocycles. The molecule has 0 fully saturated rings. The van der Waals surface area contributed by atoms with Gasteiger partial charge in [0.2, 0.25) is 0 Å². The van der Waals surface area contributed by atoms with Crippen molar-refractivity contribution < 1.29 is 9.47 Å². The summed E-state index contributed by atoms with van der Waals surface area (Å²) in [6, 6.07) is 13.9. The number of rotatable bonds is 4. The van der Waals surface area contributed by atoms with Crippen LogP contribution in [0, 0.1) is 6.92 Å². The molecule has 0 heterocycles. The lowest BCUT2D eigenvalue weighted by molar-refractivity contribution is 0.369. The quantitative estimate of drug-likeness (QED) is 0.928. The molecule has 2 rings (SSSR count). The molecule has 0 aliphatic carbocycles. The molecule has 0 radical (unpaired) electrons. The number of aryl methyl sites for hydroxylation is 1. The smallest absolute Gasteiger partial charge is 0.127 e. The van der Waals surface area contributed by atoms with E-state index in [9.17, 15) is 0 Å². The molecular formula is C17H21NO2. The summed E-state index contributed by atoms with van der Waals surface area (Å²) in [6.07, 6.45) is 0. The molecule has 0 bridgehead atoms. The number of hydrogen-bond donors (Lipinski definition) is 1. The normalized spacial score (nSPS) is 13.7. The van der Waals surface area contributed by atoms with Crippen molar-refractivity contribution in [1.82, 2.24) is 0 Å². The van der Waals surface area contributed by atoms with Gasteiger partial charge in [0.25, 0.3) is 0 Å². The number of benzene rings is 2. The van der Waals surface area contributed by atoms with Crippen LogP contribution in [-0.4, -0.2) is 14.2 Å². The summed E-state index contributed by atoms with van der Waals surface area (Å²) in [5.41, 5.74) is 8.99. The molecule has 0 aromatic heterocycles. The average Bonchev–Trinajstić information content (AvgIpc) is 2.46. The maximum atomic E-state index is 6.62. The summed E-state index contributed by atoms with van der Waals surface area (Å²) >= 11 is 0. The van der Waals surface area contributed by atoms with Crippen molar-refractivity contribution in [2.45, 2.75) is 19.4 Å². The fourth-order valence-electron chi connectivity index (χ4n) is 2.48. The van der Waals surface area contributed by atoms with Crippen molar-refractivity contribution in [2.24, 2.45) is 5.73 Å². The third-order valence-electron chi connectivity index (χ3n) is 3.56. The van der Waals surface area contributed by atoms with Gasteiger partial charge in [0.15, 0.2) is 0 Å². The van der Waals surface area contributed by atoms with E-state index in [4.69, 9.17) is 15.2 Å². The van der Waals surface area contributed by atoms with Gasteiger partial charge in [0.05, 0.1) is 25.3 Å². The zero-order chi connectivity index (χ0) is 14.8. The van der Waals surface area contributed by atoms with Crippen LogP contribution in [0.15, 0.2) is 42.5 Å². The summed E-state index contributed by atoms with van der Waals surface area (Å²) in [6.45, 7) is 4.03. The highest BCUT2D eigenvalue weighted by Gasteiger charge is 2.30. The largest absolute Gasteiger partial charge is 0.496 e. The summed E-state index contributed by atoms with van der Waals surface area (Å²) in [7, 11) is 3.29. The van der Waals surface area contributed by atoms with Crippen LogP contribution in [0.4, 0.5) is 0 Å². The van der Waals surface area contributed by atoms with Crippen molar-refractivity contribution in [3.8, 4) is 11.5 Å². The van der Waals surface area contributed by atoms with Crippen molar-refractivity contribution >= 4 is 0 Å². The lowest BCUT2D eigenvalue weighted by Gasteiger charge is -2.29.